The molecule has 11 nitrogen and oxygen atoms in total. The minimum Gasteiger partial charge on any atom is -0.481 e. The number of hydrogen-bond acceptors (Lipinski definition) is 10. The molecule has 3 aliphatic heterocycles. The highest BCUT2D eigenvalue weighted by molar-refractivity contribution is 7.97. The summed E-state index contributed by atoms with van der Waals surface area (Å²) >= 11 is 1.71. The molecule has 0 saturated carbocycles. The lowest BCUT2D eigenvalue weighted by Crippen LogP contribution is -2.46. The molecule has 0 aliphatic carbocycles. The summed E-state index contributed by atoms with van der Waals surface area (Å²) < 4.78 is 2.32. The van der Waals surface area contributed by atoms with Gasteiger partial charge in [-0.15, -0.1) is 0 Å². The van der Waals surface area contributed by atoms with Crippen LogP contribution < -0.4 is 14.7 Å². The molecule has 3 aromatic rings. The van der Waals surface area contributed by atoms with E-state index in [9.17, 15) is 25.2 Å². The summed E-state index contributed by atoms with van der Waals surface area (Å²) in [6.45, 7) is 6.07. The van der Waals surface area contributed by atoms with E-state index in [1.165, 1.54) is 0 Å². The smallest absolute Gasteiger partial charge is 0.305 e. The summed E-state index contributed by atoms with van der Waals surface area (Å²) in [5.74, 6) is 1.93. The molecule has 2 fully saturated rings. The number of carboxylic acids is 1. The van der Waals surface area contributed by atoms with Gasteiger partial charge < -0.3 is 19.8 Å². The SMILES string of the molecule is Cc1cc(C#N)nc(N2CCN(Sc3ccc4c(c3)CCN4C(=O)c3cccc(N4CCB(C#N)CC4CC(=O)O)c3)CC2)n1. The predicted molar refractivity (Wildman–Crippen MR) is 174 cm³/mol. The fourth-order valence-electron chi connectivity index (χ4n) is 6.40. The van der Waals surface area contributed by atoms with Gasteiger partial charge in [-0.3, -0.25) is 9.59 Å². The molecule has 1 N–H and O–H groups in total. The normalized spacial score (nSPS) is 18.3. The summed E-state index contributed by atoms with van der Waals surface area (Å²) in [6, 6.07) is 17.2. The van der Waals surface area contributed by atoms with Crippen LogP contribution in [0.25, 0.3) is 0 Å². The zero-order valence-corrected chi connectivity index (χ0v) is 25.9. The largest absolute Gasteiger partial charge is 0.481 e. The highest BCUT2D eigenvalue weighted by Gasteiger charge is 2.33. The molecule has 1 amide bonds. The van der Waals surface area contributed by atoms with Gasteiger partial charge in [0, 0.05) is 78.8 Å². The number of carbonyl (C=O) groups is 2. The van der Waals surface area contributed by atoms with Gasteiger partial charge in [0.1, 0.15) is 11.8 Å². The standard InChI is InChI=1S/C32H33BN8O3S/c1-22-15-25(20-34)37-32(36-22)38-11-13-39(14-12-38)45-28-5-6-29-23(17-28)7-9-41(29)31(44)24-3-2-4-26(16-24)40-10-8-33(21-35)19-27(40)18-30(42)43/h2-6,15-17,27H,7-14,18-19H2,1H3,(H,42,43). The van der Waals surface area contributed by atoms with Crippen LogP contribution in [0.2, 0.25) is 12.6 Å². The molecule has 6 rings (SSSR count). The van der Waals surface area contributed by atoms with Crippen molar-refractivity contribution in [1.82, 2.24) is 14.3 Å². The summed E-state index contributed by atoms with van der Waals surface area (Å²) in [6.07, 6.45) is 1.90. The second-order valence-electron chi connectivity index (χ2n) is 11.7. The molecule has 1 aromatic heterocycles. The molecular weight excluding hydrogens is 587 g/mol. The molecule has 228 valence electrons. The van der Waals surface area contributed by atoms with E-state index < -0.39 is 5.97 Å². The number of benzene rings is 2. The van der Waals surface area contributed by atoms with Gasteiger partial charge in [0.15, 0.2) is 0 Å². The maximum Gasteiger partial charge on any atom is 0.305 e. The minimum absolute atomic E-state index is 0.0454. The van der Waals surface area contributed by atoms with Crippen molar-refractivity contribution in [1.29, 1.82) is 10.5 Å². The first-order chi connectivity index (χ1) is 21.8. The average molecular weight is 621 g/mol. The van der Waals surface area contributed by atoms with Gasteiger partial charge in [-0.1, -0.05) is 6.07 Å². The van der Waals surface area contributed by atoms with Crippen LogP contribution >= 0.6 is 11.9 Å². The number of carbonyl (C=O) groups excluding carboxylic acids is 1. The first kappa shape index (κ1) is 30.4. The van der Waals surface area contributed by atoms with Crippen molar-refractivity contribution < 1.29 is 14.7 Å². The second-order valence-corrected chi connectivity index (χ2v) is 12.8. The average Bonchev–Trinajstić information content (AvgIpc) is 3.47. The number of carboxylic acid groups (broad SMARTS) is 1. The van der Waals surface area contributed by atoms with Crippen LogP contribution in [-0.2, 0) is 11.2 Å². The monoisotopic (exact) mass is 620 g/mol. The number of hydrogen-bond donors (Lipinski definition) is 1. The molecule has 13 heteroatoms. The Morgan fingerprint density at radius 1 is 1.04 bits per heavy atom. The van der Waals surface area contributed by atoms with E-state index in [2.05, 4.69) is 43.3 Å². The van der Waals surface area contributed by atoms with Crippen LogP contribution in [0.3, 0.4) is 0 Å². The van der Waals surface area contributed by atoms with E-state index in [0.717, 1.165) is 60.1 Å². The molecule has 0 bridgehead atoms. The third kappa shape index (κ3) is 6.75. The van der Waals surface area contributed by atoms with Gasteiger partial charge in [0.2, 0.25) is 5.95 Å². The van der Waals surface area contributed by atoms with Gasteiger partial charge in [-0.25, -0.2) is 19.5 Å². The third-order valence-electron chi connectivity index (χ3n) is 8.64. The summed E-state index contributed by atoms with van der Waals surface area (Å²) in [5.41, 5.74) is 4.60. The number of nitrogens with zero attached hydrogens (tertiary/aromatic N) is 8. The van der Waals surface area contributed by atoms with E-state index in [1.807, 2.05) is 47.1 Å². The maximum absolute atomic E-state index is 13.7. The second kappa shape index (κ2) is 13.2. The number of aryl methyl sites for hydroxylation is 1. The van der Waals surface area contributed by atoms with Crippen molar-refractivity contribution >= 4 is 47.9 Å². The Bertz CT molecular complexity index is 1700. The van der Waals surface area contributed by atoms with E-state index in [4.69, 9.17) is 0 Å². The van der Waals surface area contributed by atoms with Crippen LogP contribution in [0.5, 0.6) is 0 Å². The van der Waals surface area contributed by atoms with Crippen LogP contribution in [-0.4, -0.2) is 83.3 Å². The van der Waals surface area contributed by atoms with Crippen LogP contribution in [0.15, 0.2) is 53.4 Å². The Kier molecular flexibility index (Phi) is 8.92. The molecule has 4 heterocycles. The lowest BCUT2D eigenvalue weighted by atomic mass is 9.43. The lowest BCUT2D eigenvalue weighted by Gasteiger charge is -2.38. The van der Waals surface area contributed by atoms with E-state index in [0.29, 0.717) is 42.9 Å². The topological polar surface area (TPSA) is 141 Å². The van der Waals surface area contributed by atoms with E-state index in [-0.39, 0.29) is 25.1 Å². The van der Waals surface area contributed by atoms with E-state index in [1.54, 1.807) is 18.0 Å². The van der Waals surface area contributed by atoms with Gasteiger partial charge >= 0.3 is 5.97 Å². The first-order valence-corrected chi connectivity index (χ1v) is 15.9. The molecular formula is C32H33BN8O3S. The molecule has 3 aliphatic rings. The molecule has 1 atom stereocenters. The minimum atomic E-state index is -0.892. The number of aromatic nitrogens is 2. The summed E-state index contributed by atoms with van der Waals surface area (Å²) in [7, 11) is 0. The highest BCUT2D eigenvalue weighted by atomic mass is 32.2. The van der Waals surface area contributed by atoms with Gasteiger partial charge in [0.05, 0.1) is 6.42 Å². The highest BCUT2D eigenvalue weighted by Crippen LogP contribution is 2.35. The Hall–Kier alpha value is -4.59. The molecule has 45 heavy (non-hydrogen) atoms. The van der Waals surface area contributed by atoms with Crippen molar-refractivity contribution in [2.75, 3.05) is 54.0 Å². The third-order valence-corrected chi connectivity index (χ3v) is 9.73. The van der Waals surface area contributed by atoms with Crippen molar-refractivity contribution in [2.24, 2.45) is 0 Å². The number of piperazine rings is 1. The Morgan fingerprint density at radius 2 is 1.87 bits per heavy atom. The zero-order chi connectivity index (χ0) is 31.5. The van der Waals surface area contributed by atoms with Gasteiger partial charge in [0.25, 0.3) is 12.6 Å². The Balaban J connectivity index is 1.10. The van der Waals surface area contributed by atoms with Gasteiger partial charge in [-0.05, 0) is 86.0 Å². The lowest BCUT2D eigenvalue weighted by molar-refractivity contribution is -0.137. The summed E-state index contributed by atoms with van der Waals surface area (Å²) in [5, 5.41) is 28.1. The van der Waals surface area contributed by atoms with E-state index >= 15 is 0 Å². The number of nitriles is 2. The number of rotatable bonds is 7. The number of fused-ring (bicyclic) bond motifs is 1. The molecule has 0 radical (unpaired) electrons. The van der Waals surface area contributed by atoms with Crippen molar-refractivity contribution in [2.45, 2.75) is 43.3 Å². The number of anilines is 3. The first-order valence-electron chi connectivity index (χ1n) is 15.2. The number of amides is 1. The van der Waals surface area contributed by atoms with Crippen LogP contribution in [0.4, 0.5) is 17.3 Å². The predicted octanol–water partition coefficient (Wildman–Crippen LogP) is 3.91. The Labute approximate surface area is 267 Å². The van der Waals surface area contributed by atoms with Crippen LogP contribution in [0.1, 0.15) is 33.7 Å². The van der Waals surface area contributed by atoms with Gasteiger partial charge in [-0.2, -0.15) is 5.26 Å². The molecule has 2 saturated heterocycles. The van der Waals surface area contributed by atoms with Crippen molar-refractivity contribution in [3.05, 3.63) is 71.0 Å². The Morgan fingerprint density at radius 3 is 2.62 bits per heavy atom. The van der Waals surface area contributed by atoms with Crippen molar-refractivity contribution in [3.63, 3.8) is 0 Å². The summed E-state index contributed by atoms with van der Waals surface area (Å²) in [4.78, 5) is 41.3. The fourth-order valence-corrected chi connectivity index (χ4v) is 7.37. The molecule has 2 aromatic carbocycles. The molecule has 0 spiro atoms. The quantitative estimate of drug-likeness (QED) is 0.304. The maximum atomic E-state index is 13.7. The van der Waals surface area contributed by atoms with Crippen molar-refractivity contribution in [3.8, 4) is 12.0 Å². The molecule has 1 unspecified atom stereocenters. The zero-order valence-electron chi connectivity index (χ0n) is 25.1. The van der Waals surface area contributed by atoms with Crippen LogP contribution in [0, 0.1) is 29.5 Å². The fraction of sp³-hybridized carbons (Fsp3) is 0.375. The number of aliphatic carboxylic acids is 1.